The first-order chi connectivity index (χ1) is 10.2. The molecular formula is C15H19N5O. The molecule has 0 bridgehead atoms. The minimum absolute atomic E-state index is 0.0452. The van der Waals surface area contributed by atoms with E-state index < -0.39 is 0 Å². The second-order valence-electron chi connectivity index (χ2n) is 5.30. The molecule has 0 radical (unpaired) electrons. The maximum Gasteiger partial charge on any atom is 0.250 e. The zero-order valence-corrected chi connectivity index (χ0v) is 12.1. The van der Waals surface area contributed by atoms with E-state index in [0.717, 1.165) is 44.2 Å². The number of hydrogen-bond acceptors (Lipinski definition) is 5. The second kappa shape index (κ2) is 6.05. The summed E-state index contributed by atoms with van der Waals surface area (Å²) in [6, 6.07) is 5.55. The Labute approximate surface area is 123 Å². The summed E-state index contributed by atoms with van der Waals surface area (Å²) in [6.07, 6.45) is 5.37. The van der Waals surface area contributed by atoms with Gasteiger partial charge in [-0.1, -0.05) is 0 Å². The summed E-state index contributed by atoms with van der Waals surface area (Å²) < 4.78 is 1.59. The summed E-state index contributed by atoms with van der Waals surface area (Å²) in [5, 5.41) is 0. The van der Waals surface area contributed by atoms with Crippen LogP contribution < -0.4 is 10.5 Å². The Bertz CT molecular complexity index is 647. The van der Waals surface area contributed by atoms with Gasteiger partial charge in [0, 0.05) is 64.4 Å². The van der Waals surface area contributed by atoms with E-state index in [1.807, 2.05) is 18.3 Å². The van der Waals surface area contributed by atoms with Crippen LogP contribution in [0.2, 0.25) is 0 Å². The Hall–Kier alpha value is -2.21. The quantitative estimate of drug-likeness (QED) is 0.822. The van der Waals surface area contributed by atoms with Crippen molar-refractivity contribution in [3.05, 3.63) is 52.7 Å². The fourth-order valence-corrected chi connectivity index (χ4v) is 2.51. The molecule has 2 aromatic heterocycles. The standard InChI is InChI=1S/C15H19N5O/c1-18-6-3-13(11-14(18)21)12-19-7-9-20(10-8-19)15-16-4-2-5-17-15/h2-6,11H,7-10,12H2,1H3. The van der Waals surface area contributed by atoms with Gasteiger partial charge in [-0.05, 0) is 17.7 Å². The molecule has 3 heterocycles. The van der Waals surface area contributed by atoms with Gasteiger partial charge in [-0.15, -0.1) is 0 Å². The molecule has 0 unspecified atom stereocenters. The van der Waals surface area contributed by atoms with Crippen molar-refractivity contribution in [3.63, 3.8) is 0 Å². The summed E-state index contributed by atoms with van der Waals surface area (Å²) in [6.45, 7) is 4.55. The highest BCUT2D eigenvalue weighted by Crippen LogP contribution is 2.11. The van der Waals surface area contributed by atoms with Gasteiger partial charge in [-0.3, -0.25) is 9.69 Å². The summed E-state index contributed by atoms with van der Waals surface area (Å²) >= 11 is 0. The van der Waals surface area contributed by atoms with Crippen LogP contribution in [-0.4, -0.2) is 45.6 Å². The van der Waals surface area contributed by atoms with Crippen molar-refractivity contribution >= 4 is 5.95 Å². The van der Waals surface area contributed by atoms with Crippen molar-refractivity contribution in [1.82, 2.24) is 19.4 Å². The lowest BCUT2D eigenvalue weighted by Crippen LogP contribution is -2.46. The number of nitrogens with zero attached hydrogens (tertiary/aromatic N) is 5. The van der Waals surface area contributed by atoms with Crippen molar-refractivity contribution < 1.29 is 0 Å². The van der Waals surface area contributed by atoms with Crippen LogP contribution in [0.1, 0.15) is 5.56 Å². The summed E-state index contributed by atoms with van der Waals surface area (Å²) in [5.41, 5.74) is 1.12. The van der Waals surface area contributed by atoms with E-state index in [2.05, 4.69) is 19.8 Å². The summed E-state index contributed by atoms with van der Waals surface area (Å²) in [7, 11) is 1.77. The first-order valence-corrected chi connectivity index (χ1v) is 7.12. The molecule has 110 valence electrons. The van der Waals surface area contributed by atoms with Crippen LogP contribution in [0.3, 0.4) is 0 Å². The van der Waals surface area contributed by atoms with Gasteiger partial charge in [0.25, 0.3) is 5.56 Å². The van der Waals surface area contributed by atoms with Crippen molar-refractivity contribution in [2.24, 2.45) is 7.05 Å². The van der Waals surface area contributed by atoms with Gasteiger partial charge >= 0.3 is 0 Å². The highest BCUT2D eigenvalue weighted by Gasteiger charge is 2.18. The molecule has 0 amide bonds. The fraction of sp³-hybridized carbons (Fsp3) is 0.400. The zero-order valence-electron chi connectivity index (χ0n) is 12.1. The van der Waals surface area contributed by atoms with Gasteiger partial charge in [-0.25, -0.2) is 9.97 Å². The number of aryl methyl sites for hydroxylation is 1. The molecule has 6 nitrogen and oxygen atoms in total. The molecule has 6 heteroatoms. The molecular weight excluding hydrogens is 266 g/mol. The predicted molar refractivity (Wildman–Crippen MR) is 81.2 cm³/mol. The molecule has 1 saturated heterocycles. The number of aromatic nitrogens is 3. The van der Waals surface area contributed by atoms with Crippen LogP contribution in [0.5, 0.6) is 0 Å². The number of hydrogen-bond donors (Lipinski definition) is 0. The SMILES string of the molecule is Cn1ccc(CN2CCN(c3ncccn3)CC2)cc1=O. The maximum absolute atomic E-state index is 11.6. The molecule has 0 saturated carbocycles. The van der Waals surface area contributed by atoms with Crippen LogP contribution in [0.25, 0.3) is 0 Å². The van der Waals surface area contributed by atoms with E-state index in [-0.39, 0.29) is 5.56 Å². The third-order valence-electron chi connectivity index (χ3n) is 3.78. The van der Waals surface area contributed by atoms with E-state index in [1.165, 1.54) is 0 Å². The molecule has 2 aromatic rings. The van der Waals surface area contributed by atoms with E-state index >= 15 is 0 Å². The molecule has 0 N–H and O–H groups in total. The Balaban J connectivity index is 1.58. The van der Waals surface area contributed by atoms with Crippen molar-refractivity contribution in [3.8, 4) is 0 Å². The smallest absolute Gasteiger partial charge is 0.250 e. The molecule has 1 fully saturated rings. The van der Waals surface area contributed by atoms with Crippen LogP contribution in [0, 0.1) is 0 Å². The van der Waals surface area contributed by atoms with Crippen molar-refractivity contribution in [2.45, 2.75) is 6.54 Å². The number of pyridine rings is 1. The Morgan fingerprint density at radius 2 is 1.86 bits per heavy atom. The Morgan fingerprint density at radius 1 is 1.14 bits per heavy atom. The van der Waals surface area contributed by atoms with E-state index in [9.17, 15) is 4.79 Å². The van der Waals surface area contributed by atoms with Gasteiger partial charge in [0.1, 0.15) is 0 Å². The van der Waals surface area contributed by atoms with Gasteiger partial charge in [-0.2, -0.15) is 0 Å². The van der Waals surface area contributed by atoms with Crippen LogP contribution in [0.4, 0.5) is 5.95 Å². The molecule has 0 aromatic carbocycles. The summed E-state index contributed by atoms with van der Waals surface area (Å²) in [5.74, 6) is 0.797. The minimum Gasteiger partial charge on any atom is -0.338 e. The van der Waals surface area contributed by atoms with Gasteiger partial charge in [0.05, 0.1) is 0 Å². The highest BCUT2D eigenvalue weighted by atomic mass is 16.1. The number of piperazine rings is 1. The lowest BCUT2D eigenvalue weighted by atomic mass is 10.2. The Morgan fingerprint density at radius 3 is 2.52 bits per heavy atom. The maximum atomic E-state index is 11.6. The molecule has 1 aliphatic heterocycles. The molecule has 21 heavy (non-hydrogen) atoms. The highest BCUT2D eigenvalue weighted by molar-refractivity contribution is 5.29. The monoisotopic (exact) mass is 285 g/mol. The second-order valence-corrected chi connectivity index (χ2v) is 5.30. The first kappa shape index (κ1) is 13.8. The topological polar surface area (TPSA) is 54.3 Å². The average Bonchev–Trinajstić information content (AvgIpc) is 2.53. The third-order valence-corrected chi connectivity index (χ3v) is 3.78. The van der Waals surface area contributed by atoms with Gasteiger partial charge in [0.2, 0.25) is 5.95 Å². The first-order valence-electron chi connectivity index (χ1n) is 7.12. The Kier molecular flexibility index (Phi) is 3.96. The molecule has 1 aliphatic rings. The zero-order chi connectivity index (χ0) is 14.7. The number of anilines is 1. The molecule has 3 rings (SSSR count). The lowest BCUT2D eigenvalue weighted by molar-refractivity contribution is 0.248. The van der Waals surface area contributed by atoms with E-state index in [4.69, 9.17) is 0 Å². The lowest BCUT2D eigenvalue weighted by Gasteiger charge is -2.34. The van der Waals surface area contributed by atoms with Crippen molar-refractivity contribution in [1.29, 1.82) is 0 Å². The van der Waals surface area contributed by atoms with Crippen LogP contribution >= 0.6 is 0 Å². The third kappa shape index (κ3) is 3.28. The molecule has 0 spiro atoms. The predicted octanol–water partition coefficient (Wildman–Crippen LogP) is 0.498. The molecule has 0 aliphatic carbocycles. The van der Waals surface area contributed by atoms with E-state index in [0.29, 0.717) is 0 Å². The van der Waals surface area contributed by atoms with Crippen LogP contribution in [-0.2, 0) is 13.6 Å². The van der Waals surface area contributed by atoms with Crippen molar-refractivity contribution in [2.75, 3.05) is 31.1 Å². The largest absolute Gasteiger partial charge is 0.338 e. The molecule has 0 atom stereocenters. The van der Waals surface area contributed by atoms with Gasteiger partial charge in [0.15, 0.2) is 0 Å². The minimum atomic E-state index is 0.0452. The number of rotatable bonds is 3. The normalized spacial score (nSPS) is 16.1. The van der Waals surface area contributed by atoms with Crippen LogP contribution in [0.15, 0.2) is 41.6 Å². The van der Waals surface area contributed by atoms with E-state index in [1.54, 1.807) is 30.1 Å². The van der Waals surface area contributed by atoms with Gasteiger partial charge < -0.3 is 9.47 Å². The average molecular weight is 285 g/mol. The summed E-state index contributed by atoms with van der Waals surface area (Å²) in [4.78, 5) is 24.8. The fourth-order valence-electron chi connectivity index (χ4n) is 2.51.